The molecular weight excluding hydrogens is 260 g/mol. The topological polar surface area (TPSA) is 26.3 Å². The van der Waals surface area contributed by atoms with E-state index in [0.717, 1.165) is 18.4 Å². The van der Waals surface area contributed by atoms with E-state index in [1.165, 1.54) is 24.0 Å². The van der Waals surface area contributed by atoms with Gasteiger partial charge in [0, 0.05) is 0 Å². The van der Waals surface area contributed by atoms with Crippen LogP contribution >= 0.6 is 0 Å². The number of hydrogen-bond donors (Lipinski definition) is 0. The minimum Gasteiger partial charge on any atom is -0.461 e. The number of benzene rings is 1. The zero-order valence-corrected chi connectivity index (χ0v) is 13.8. The van der Waals surface area contributed by atoms with Gasteiger partial charge in [-0.25, -0.2) is 0 Å². The van der Waals surface area contributed by atoms with Crippen molar-refractivity contribution in [1.82, 2.24) is 0 Å². The molecule has 0 fully saturated rings. The van der Waals surface area contributed by atoms with E-state index in [1.807, 2.05) is 20.8 Å². The summed E-state index contributed by atoms with van der Waals surface area (Å²) in [6.07, 6.45) is 6.73. The maximum absolute atomic E-state index is 11.4. The fourth-order valence-electron chi connectivity index (χ4n) is 1.99. The molecule has 0 aromatic heterocycles. The molecule has 0 spiro atoms. The van der Waals surface area contributed by atoms with E-state index in [-0.39, 0.29) is 11.9 Å². The predicted molar refractivity (Wildman–Crippen MR) is 88.3 cm³/mol. The van der Waals surface area contributed by atoms with Gasteiger partial charge in [-0.15, -0.1) is 0 Å². The monoisotopic (exact) mass is 288 g/mol. The fourth-order valence-corrected chi connectivity index (χ4v) is 1.99. The molecule has 0 atom stereocenters. The van der Waals surface area contributed by atoms with E-state index in [1.54, 1.807) is 0 Å². The molecule has 0 saturated carbocycles. The summed E-state index contributed by atoms with van der Waals surface area (Å²) in [5.74, 6) is -0.172. The maximum atomic E-state index is 11.4. The summed E-state index contributed by atoms with van der Waals surface area (Å²) in [5.41, 5.74) is 3.86. The highest BCUT2D eigenvalue weighted by Gasteiger charge is 2.07. The molecule has 2 heteroatoms. The standard InChI is InChI=1S/C19H28O2/c1-15(2)19(20)21-14-17(4)8-6-5-7-9-18-12-10-16(3)11-13-18/h8,10-13,15H,5-7,9,14H2,1-4H3/b17-8-. The average Bonchev–Trinajstić information content (AvgIpc) is 2.46. The Morgan fingerprint density at radius 2 is 1.86 bits per heavy atom. The first kappa shape index (κ1) is 17.5. The van der Waals surface area contributed by atoms with Gasteiger partial charge in [0.2, 0.25) is 0 Å². The van der Waals surface area contributed by atoms with Crippen LogP contribution in [0.5, 0.6) is 0 Å². The second-order valence-corrected chi connectivity index (χ2v) is 6.04. The third-order valence-corrected chi connectivity index (χ3v) is 3.45. The third-order valence-electron chi connectivity index (χ3n) is 3.45. The van der Waals surface area contributed by atoms with Gasteiger partial charge in [-0.3, -0.25) is 4.79 Å². The largest absolute Gasteiger partial charge is 0.461 e. The van der Waals surface area contributed by atoms with Crippen molar-refractivity contribution in [1.29, 1.82) is 0 Å². The molecule has 1 rings (SSSR count). The van der Waals surface area contributed by atoms with Crippen LogP contribution in [0.15, 0.2) is 35.9 Å². The quantitative estimate of drug-likeness (QED) is 0.388. The summed E-state index contributed by atoms with van der Waals surface area (Å²) >= 11 is 0. The smallest absolute Gasteiger partial charge is 0.308 e. The number of rotatable bonds is 8. The number of hydrogen-bond acceptors (Lipinski definition) is 2. The molecule has 0 heterocycles. The van der Waals surface area contributed by atoms with Gasteiger partial charge in [0.05, 0.1) is 5.92 Å². The average molecular weight is 288 g/mol. The molecule has 0 amide bonds. The Morgan fingerprint density at radius 3 is 2.48 bits per heavy atom. The zero-order valence-electron chi connectivity index (χ0n) is 13.8. The van der Waals surface area contributed by atoms with Gasteiger partial charge < -0.3 is 4.74 Å². The van der Waals surface area contributed by atoms with Crippen LogP contribution in [0.4, 0.5) is 0 Å². The van der Waals surface area contributed by atoms with Crippen molar-refractivity contribution in [3.63, 3.8) is 0 Å². The highest BCUT2D eigenvalue weighted by Crippen LogP contribution is 2.09. The van der Waals surface area contributed by atoms with Crippen LogP contribution in [0, 0.1) is 12.8 Å². The summed E-state index contributed by atoms with van der Waals surface area (Å²) in [5, 5.41) is 0. The van der Waals surface area contributed by atoms with Crippen molar-refractivity contribution >= 4 is 5.97 Å². The molecule has 0 bridgehead atoms. The van der Waals surface area contributed by atoms with Gasteiger partial charge in [-0.05, 0) is 50.7 Å². The summed E-state index contributed by atoms with van der Waals surface area (Å²) in [4.78, 5) is 11.4. The highest BCUT2D eigenvalue weighted by molar-refractivity contribution is 5.71. The maximum Gasteiger partial charge on any atom is 0.308 e. The van der Waals surface area contributed by atoms with Crippen LogP contribution in [-0.2, 0) is 16.0 Å². The van der Waals surface area contributed by atoms with E-state index in [0.29, 0.717) is 6.61 Å². The van der Waals surface area contributed by atoms with Crippen molar-refractivity contribution in [3.8, 4) is 0 Å². The lowest BCUT2D eigenvalue weighted by atomic mass is 10.1. The molecule has 1 aromatic carbocycles. The number of carbonyl (C=O) groups excluding carboxylic acids is 1. The number of aryl methyl sites for hydroxylation is 2. The van der Waals surface area contributed by atoms with Gasteiger partial charge in [0.25, 0.3) is 0 Å². The first-order chi connectivity index (χ1) is 9.99. The second kappa shape index (κ2) is 9.38. The van der Waals surface area contributed by atoms with Crippen LogP contribution in [-0.4, -0.2) is 12.6 Å². The van der Waals surface area contributed by atoms with E-state index in [4.69, 9.17) is 4.74 Å². The van der Waals surface area contributed by atoms with Crippen molar-refractivity contribution < 1.29 is 9.53 Å². The molecule has 2 nitrogen and oxygen atoms in total. The van der Waals surface area contributed by atoms with E-state index >= 15 is 0 Å². The zero-order chi connectivity index (χ0) is 15.7. The van der Waals surface area contributed by atoms with Crippen molar-refractivity contribution in [2.75, 3.05) is 6.61 Å². The van der Waals surface area contributed by atoms with Gasteiger partial charge >= 0.3 is 5.97 Å². The minimum absolute atomic E-state index is 0.0488. The fraction of sp³-hybridized carbons (Fsp3) is 0.526. The van der Waals surface area contributed by atoms with Gasteiger partial charge in [0.1, 0.15) is 6.61 Å². The Bertz CT molecular complexity index is 455. The van der Waals surface area contributed by atoms with Crippen LogP contribution < -0.4 is 0 Å². The first-order valence-corrected chi connectivity index (χ1v) is 7.87. The Kier molecular flexibility index (Phi) is 7.81. The Balaban J connectivity index is 2.16. The van der Waals surface area contributed by atoms with E-state index in [2.05, 4.69) is 37.3 Å². The lowest BCUT2D eigenvalue weighted by Gasteiger charge is -2.07. The van der Waals surface area contributed by atoms with Crippen LogP contribution in [0.2, 0.25) is 0 Å². The molecule has 21 heavy (non-hydrogen) atoms. The molecule has 0 saturated heterocycles. The Labute approximate surface area is 129 Å². The van der Waals surface area contributed by atoms with Crippen LogP contribution in [0.25, 0.3) is 0 Å². The number of esters is 1. The molecular formula is C19H28O2. The lowest BCUT2D eigenvalue weighted by Crippen LogP contribution is -2.12. The van der Waals surface area contributed by atoms with Crippen LogP contribution in [0.1, 0.15) is 51.2 Å². The number of carbonyl (C=O) groups is 1. The molecule has 0 unspecified atom stereocenters. The Hall–Kier alpha value is -1.57. The minimum atomic E-state index is -0.123. The highest BCUT2D eigenvalue weighted by atomic mass is 16.5. The third kappa shape index (κ3) is 7.69. The second-order valence-electron chi connectivity index (χ2n) is 6.04. The summed E-state index contributed by atoms with van der Waals surface area (Å²) in [6, 6.07) is 8.76. The van der Waals surface area contributed by atoms with E-state index in [9.17, 15) is 4.79 Å². The summed E-state index contributed by atoms with van der Waals surface area (Å²) < 4.78 is 5.20. The normalized spacial score (nSPS) is 11.8. The van der Waals surface area contributed by atoms with Crippen molar-refractivity contribution in [3.05, 3.63) is 47.0 Å². The van der Waals surface area contributed by atoms with E-state index < -0.39 is 0 Å². The van der Waals surface area contributed by atoms with Gasteiger partial charge in [-0.1, -0.05) is 49.8 Å². The predicted octanol–water partition coefficient (Wildman–Crippen LogP) is 4.85. The molecule has 116 valence electrons. The molecule has 0 radical (unpaired) electrons. The SMILES string of the molecule is C/C(=C/CCCCc1ccc(C)cc1)COC(=O)C(C)C. The number of unbranched alkanes of at least 4 members (excludes halogenated alkanes) is 2. The van der Waals surface area contributed by atoms with Crippen molar-refractivity contribution in [2.45, 2.75) is 53.4 Å². The molecule has 0 aliphatic heterocycles. The van der Waals surface area contributed by atoms with Crippen molar-refractivity contribution in [2.24, 2.45) is 5.92 Å². The number of ether oxygens (including phenoxy) is 1. The molecule has 0 aliphatic carbocycles. The number of allylic oxidation sites excluding steroid dienone is 1. The first-order valence-electron chi connectivity index (χ1n) is 7.87. The summed E-state index contributed by atoms with van der Waals surface area (Å²) in [6.45, 7) is 8.27. The summed E-state index contributed by atoms with van der Waals surface area (Å²) in [7, 11) is 0. The molecule has 0 N–H and O–H groups in total. The molecule has 0 aliphatic rings. The Morgan fingerprint density at radius 1 is 1.19 bits per heavy atom. The lowest BCUT2D eigenvalue weighted by molar-refractivity contribution is -0.146. The van der Waals surface area contributed by atoms with Gasteiger partial charge in [0.15, 0.2) is 0 Å². The van der Waals surface area contributed by atoms with Crippen LogP contribution in [0.3, 0.4) is 0 Å². The van der Waals surface area contributed by atoms with Gasteiger partial charge in [-0.2, -0.15) is 0 Å². The molecule has 1 aromatic rings.